The van der Waals surface area contributed by atoms with Crippen LogP contribution < -0.4 is 0 Å². The summed E-state index contributed by atoms with van der Waals surface area (Å²) in [7, 11) is 0. The number of piperidine rings is 1. The van der Waals surface area contributed by atoms with Crippen LogP contribution in [0.25, 0.3) is 0 Å². The van der Waals surface area contributed by atoms with Crippen molar-refractivity contribution in [1.29, 1.82) is 0 Å². The zero-order chi connectivity index (χ0) is 15.8. The van der Waals surface area contributed by atoms with Crippen molar-refractivity contribution in [2.75, 3.05) is 19.9 Å². The van der Waals surface area contributed by atoms with Gasteiger partial charge in [0, 0.05) is 13.0 Å². The summed E-state index contributed by atoms with van der Waals surface area (Å²) >= 11 is 0. The molecule has 2 atom stereocenters. The number of hydrogen-bond acceptors (Lipinski definition) is 4. The van der Waals surface area contributed by atoms with Crippen LogP contribution in [0.2, 0.25) is 0 Å². The number of hydrogen-bond donors (Lipinski definition) is 0. The fourth-order valence-corrected chi connectivity index (χ4v) is 3.10. The average molecular weight is 305 g/mol. The van der Waals surface area contributed by atoms with Crippen LogP contribution in [0, 0.1) is 0 Å². The first kappa shape index (κ1) is 15.3. The molecule has 1 unspecified atom stereocenters. The van der Waals surface area contributed by atoms with Crippen LogP contribution in [0.15, 0.2) is 30.3 Å². The minimum atomic E-state index is -0.488. The van der Waals surface area contributed by atoms with Gasteiger partial charge in [-0.25, -0.2) is 4.79 Å². The first-order valence-electron chi connectivity index (χ1n) is 7.70. The van der Waals surface area contributed by atoms with Crippen LogP contribution in [0.1, 0.15) is 32.8 Å². The summed E-state index contributed by atoms with van der Waals surface area (Å²) < 4.78 is 17.2. The molecule has 0 radical (unpaired) electrons. The highest BCUT2D eigenvalue weighted by Gasteiger charge is 2.51. The van der Waals surface area contributed by atoms with Gasteiger partial charge in [-0.15, -0.1) is 0 Å². The molecule has 2 heterocycles. The second-order valence-electron chi connectivity index (χ2n) is 6.85. The lowest BCUT2D eigenvalue weighted by Crippen LogP contribution is -2.54. The molecule has 120 valence electrons. The van der Waals surface area contributed by atoms with E-state index in [4.69, 9.17) is 14.2 Å². The van der Waals surface area contributed by atoms with Crippen molar-refractivity contribution >= 4 is 6.09 Å². The number of fused-ring (bicyclic) bond motifs is 1. The van der Waals surface area contributed by atoms with E-state index in [2.05, 4.69) is 12.1 Å². The molecule has 2 saturated heterocycles. The maximum Gasteiger partial charge on any atom is 0.410 e. The lowest BCUT2D eigenvalue weighted by Gasteiger charge is -2.42. The van der Waals surface area contributed by atoms with Crippen molar-refractivity contribution in [3.05, 3.63) is 35.9 Å². The van der Waals surface area contributed by atoms with Crippen LogP contribution in [0.4, 0.5) is 4.79 Å². The number of rotatable bonds is 1. The Bertz CT molecular complexity index is 539. The largest absolute Gasteiger partial charge is 0.444 e. The lowest BCUT2D eigenvalue weighted by molar-refractivity contribution is -0.0537. The Morgan fingerprint density at radius 3 is 2.73 bits per heavy atom. The summed E-state index contributed by atoms with van der Waals surface area (Å²) in [4.78, 5) is 14.0. The maximum absolute atomic E-state index is 12.3. The van der Waals surface area contributed by atoms with Crippen LogP contribution in [-0.4, -0.2) is 42.6 Å². The van der Waals surface area contributed by atoms with Crippen LogP contribution >= 0.6 is 0 Å². The predicted molar refractivity (Wildman–Crippen MR) is 81.4 cm³/mol. The third-order valence-electron chi connectivity index (χ3n) is 4.16. The van der Waals surface area contributed by atoms with E-state index in [-0.39, 0.29) is 19.0 Å². The molecule has 0 aliphatic carbocycles. The van der Waals surface area contributed by atoms with E-state index in [1.54, 1.807) is 4.90 Å². The quantitative estimate of drug-likeness (QED) is 0.800. The van der Waals surface area contributed by atoms with E-state index in [9.17, 15) is 4.79 Å². The van der Waals surface area contributed by atoms with E-state index in [1.165, 1.54) is 0 Å². The van der Waals surface area contributed by atoms with Gasteiger partial charge < -0.3 is 19.1 Å². The van der Waals surface area contributed by atoms with Gasteiger partial charge in [0.1, 0.15) is 24.1 Å². The molecule has 0 saturated carbocycles. The fraction of sp³-hybridized carbons (Fsp3) is 0.588. The van der Waals surface area contributed by atoms with Gasteiger partial charge in [-0.2, -0.15) is 0 Å². The van der Waals surface area contributed by atoms with E-state index >= 15 is 0 Å². The molecule has 0 aromatic heterocycles. The molecule has 5 heteroatoms. The Kier molecular flexibility index (Phi) is 3.87. The summed E-state index contributed by atoms with van der Waals surface area (Å²) in [6, 6.07) is 10.1. The molecule has 1 aromatic carbocycles. The highest BCUT2D eigenvalue weighted by Crippen LogP contribution is 2.42. The Balaban J connectivity index is 1.76. The Labute approximate surface area is 131 Å². The molecule has 22 heavy (non-hydrogen) atoms. The summed E-state index contributed by atoms with van der Waals surface area (Å²) in [5, 5.41) is 0. The highest BCUT2D eigenvalue weighted by molar-refractivity contribution is 5.68. The van der Waals surface area contributed by atoms with Crippen molar-refractivity contribution in [3.8, 4) is 0 Å². The highest BCUT2D eigenvalue weighted by atomic mass is 16.7. The van der Waals surface area contributed by atoms with E-state index in [0.29, 0.717) is 19.5 Å². The summed E-state index contributed by atoms with van der Waals surface area (Å²) in [6.07, 6.45) is 0.266. The van der Waals surface area contributed by atoms with Crippen molar-refractivity contribution < 1.29 is 19.0 Å². The molecule has 5 nitrogen and oxygen atoms in total. The van der Waals surface area contributed by atoms with Crippen LogP contribution in [-0.2, 0) is 19.8 Å². The zero-order valence-electron chi connectivity index (χ0n) is 13.4. The van der Waals surface area contributed by atoms with Gasteiger partial charge in [-0.3, -0.25) is 0 Å². The lowest BCUT2D eigenvalue weighted by atomic mass is 9.82. The second kappa shape index (κ2) is 5.56. The minimum Gasteiger partial charge on any atom is -0.444 e. The molecule has 3 rings (SSSR count). The molecule has 0 bridgehead atoms. The Morgan fingerprint density at radius 2 is 2.05 bits per heavy atom. The molecular formula is C17H23NO4. The summed E-state index contributed by atoms with van der Waals surface area (Å²) in [5.74, 6) is 0. The predicted octanol–water partition coefficient (Wildman–Crippen LogP) is 2.90. The Hall–Kier alpha value is -1.59. The fourth-order valence-electron chi connectivity index (χ4n) is 3.10. The number of likely N-dealkylation sites (tertiary alicyclic amines) is 1. The first-order chi connectivity index (χ1) is 10.4. The van der Waals surface area contributed by atoms with E-state index < -0.39 is 11.2 Å². The molecule has 0 spiro atoms. The molecule has 0 N–H and O–H groups in total. The van der Waals surface area contributed by atoms with Crippen molar-refractivity contribution in [1.82, 2.24) is 4.90 Å². The minimum absolute atomic E-state index is 0.156. The number of carbonyl (C=O) groups excluding carboxylic acids is 1. The third kappa shape index (κ3) is 2.83. The van der Waals surface area contributed by atoms with Crippen molar-refractivity contribution in [2.24, 2.45) is 0 Å². The molecule has 2 fully saturated rings. The third-order valence-corrected chi connectivity index (χ3v) is 4.16. The van der Waals surface area contributed by atoms with E-state index in [1.807, 2.05) is 39.0 Å². The molecule has 1 aromatic rings. The molecule has 2 aliphatic heterocycles. The van der Waals surface area contributed by atoms with Gasteiger partial charge in [-0.05, 0) is 26.3 Å². The van der Waals surface area contributed by atoms with Crippen LogP contribution in [0.5, 0.6) is 0 Å². The van der Waals surface area contributed by atoms with E-state index in [0.717, 1.165) is 5.56 Å². The topological polar surface area (TPSA) is 48.0 Å². The normalized spacial score (nSPS) is 28.3. The first-order valence-corrected chi connectivity index (χ1v) is 7.70. The number of ether oxygens (including phenoxy) is 3. The standard InChI is InChI=1S/C17H23NO4/c1-16(2,3)22-15(19)18-10-9-17(13-7-5-4-6-8-13)14(11-18)20-12-21-17/h4-8,14H,9-12H2,1-3H3/t14-,17?/m1/s1. The van der Waals surface area contributed by atoms with Gasteiger partial charge in [0.05, 0.1) is 6.54 Å². The van der Waals surface area contributed by atoms with Crippen LogP contribution in [0.3, 0.4) is 0 Å². The van der Waals surface area contributed by atoms with Gasteiger partial charge in [0.15, 0.2) is 0 Å². The van der Waals surface area contributed by atoms with Gasteiger partial charge in [0.25, 0.3) is 0 Å². The zero-order valence-corrected chi connectivity index (χ0v) is 13.4. The molecular weight excluding hydrogens is 282 g/mol. The Morgan fingerprint density at radius 1 is 1.32 bits per heavy atom. The number of carbonyl (C=O) groups is 1. The van der Waals surface area contributed by atoms with Crippen molar-refractivity contribution in [2.45, 2.75) is 44.5 Å². The van der Waals surface area contributed by atoms with Gasteiger partial charge >= 0.3 is 6.09 Å². The van der Waals surface area contributed by atoms with Gasteiger partial charge in [-0.1, -0.05) is 30.3 Å². The summed E-state index contributed by atoms with van der Waals surface area (Å²) in [6.45, 7) is 6.98. The molecule has 1 amide bonds. The summed E-state index contributed by atoms with van der Waals surface area (Å²) in [5.41, 5.74) is 0.180. The average Bonchev–Trinajstić information content (AvgIpc) is 2.90. The number of amides is 1. The number of nitrogens with zero attached hydrogens (tertiary/aromatic N) is 1. The monoisotopic (exact) mass is 305 g/mol. The smallest absolute Gasteiger partial charge is 0.410 e. The maximum atomic E-state index is 12.3. The second-order valence-corrected chi connectivity index (χ2v) is 6.85. The number of benzene rings is 1. The van der Waals surface area contributed by atoms with Gasteiger partial charge in [0.2, 0.25) is 0 Å². The van der Waals surface area contributed by atoms with Crippen molar-refractivity contribution in [3.63, 3.8) is 0 Å². The SMILES string of the molecule is CC(C)(C)OC(=O)N1CCC2(c3ccccc3)OCO[C@@H]2C1. The molecule has 2 aliphatic rings.